The number of carboxylic acids is 4. The van der Waals surface area contributed by atoms with Crippen LogP contribution in [0.5, 0.6) is 0 Å². The number of hydrogen-bond acceptors (Lipinski definition) is 6. The van der Waals surface area contributed by atoms with Crippen LogP contribution in [0.3, 0.4) is 0 Å². The molecule has 0 saturated carbocycles. The van der Waals surface area contributed by atoms with Gasteiger partial charge in [0.1, 0.15) is 0 Å². The van der Waals surface area contributed by atoms with Crippen LogP contribution < -0.4 is 0 Å². The topological polar surface area (TPSA) is 207 Å². The maximum atomic E-state index is 11.8. The molecule has 296 valence electrons. The van der Waals surface area contributed by atoms with Crippen LogP contribution >= 0.6 is 0 Å². The van der Waals surface area contributed by atoms with E-state index in [1.54, 1.807) is 48.5 Å². The number of aromatic amines is 2. The van der Waals surface area contributed by atoms with E-state index in [1.165, 1.54) is 48.5 Å². The molecule has 0 spiro atoms. The predicted molar refractivity (Wildman–Crippen MR) is 228 cm³/mol. The number of fused-ring (bicyclic) bond motifs is 8. The number of carboxylic acid groups (broad SMARTS) is 4. The number of carbonyl (C=O) groups is 4. The average molecular weight is 847 g/mol. The van der Waals surface area contributed by atoms with Crippen LogP contribution in [-0.4, -0.2) is 64.2 Å². The van der Waals surface area contributed by atoms with Crippen molar-refractivity contribution < 1.29 is 56.7 Å². The summed E-state index contributed by atoms with van der Waals surface area (Å²) in [5, 5.41) is 38.7. The Balaban J connectivity index is 0.00000514. The fourth-order valence-electron chi connectivity index (χ4n) is 7.54. The van der Waals surface area contributed by atoms with Crippen LogP contribution in [0.15, 0.2) is 121 Å². The largest absolute Gasteiger partial charge is 2.00 e. The molecule has 4 aromatic carbocycles. The van der Waals surface area contributed by atoms with Crippen LogP contribution in [0.4, 0.5) is 0 Å². The van der Waals surface area contributed by atoms with E-state index in [-0.39, 0.29) is 39.3 Å². The summed E-state index contributed by atoms with van der Waals surface area (Å²) in [6.45, 7) is 0. The maximum Gasteiger partial charge on any atom is 2.00 e. The molecule has 2 aliphatic rings. The number of hydrogen-bond donors (Lipinski definition) is 6. The maximum absolute atomic E-state index is 11.8. The summed E-state index contributed by atoms with van der Waals surface area (Å²) in [6.07, 6.45) is 7.47. The Morgan fingerprint density at radius 3 is 0.705 bits per heavy atom. The first kappa shape index (κ1) is 39.7. The van der Waals surface area contributed by atoms with Gasteiger partial charge in [-0.2, -0.15) is 0 Å². The summed E-state index contributed by atoms with van der Waals surface area (Å²) in [7, 11) is 0. The Morgan fingerprint density at radius 1 is 0.328 bits per heavy atom. The second kappa shape index (κ2) is 15.9. The number of rotatable bonds is 8. The first-order chi connectivity index (χ1) is 29.0. The molecule has 9 rings (SSSR count). The van der Waals surface area contributed by atoms with E-state index in [2.05, 4.69) is 9.97 Å². The molecule has 12 nitrogen and oxygen atoms in total. The fraction of sp³-hybridized carbons (Fsp3) is 0. The Labute approximate surface area is 356 Å². The molecular formula is C48H30FeN4O8+2. The standard InChI is InChI=1S/C48H30N4O8.Fe/c53-45(54)29-9-1-25(2-10-29)41-33-17-19-35(49-33)42(26-3-11-30(12-4-26)46(55)56)37-21-23-39(51-37)44(28-7-15-32(16-8-28)48(59)60)40-24-22-38(52-40)43(36-20-18-34(41)50-36)27-5-13-31(14-6-27)47(57)58;/h1-24,49,52H,(H,53,54)(H,55,56)(H,57,58)(H,59,60);/q;+2. The molecule has 61 heavy (non-hydrogen) atoms. The van der Waals surface area contributed by atoms with E-state index in [0.29, 0.717) is 89.4 Å². The van der Waals surface area contributed by atoms with Crippen LogP contribution in [0.1, 0.15) is 64.2 Å². The van der Waals surface area contributed by atoms with Gasteiger partial charge in [-0.25, -0.2) is 29.1 Å². The van der Waals surface area contributed by atoms with Crippen LogP contribution in [-0.2, 0) is 17.1 Å². The van der Waals surface area contributed by atoms with Gasteiger partial charge in [0.15, 0.2) is 0 Å². The summed E-state index contributed by atoms with van der Waals surface area (Å²) in [5.74, 6) is -4.25. The van der Waals surface area contributed by atoms with Crippen molar-refractivity contribution in [2.75, 3.05) is 0 Å². The number of nitrogens with one attached hydrogen (secondary N) is 2. The van der Waals surface area contributed by atoms with Gasteiger partial charge in [-0.1, -0.05) is 48.5 Å². The fourth-order valence-corrected chi connectivity index (χ4v) is 7.54. The Morgan fingerprint density at radius 2 is 0.525 bits per heavy atom. The summed E-state index contributed by atoms with van der Waals surface area (Å²) >= 11 is 0. The smallest absolute Gasteiger partial charge is 0.478 e. The van der Waals surface area contributed by atoms with E-state index in [9.17, 15) is 39.6 Å². The zero-order valence-electron chi connectivity index (χ0n) is 31.5. The second-order valence-corrected chi connectivity index (χ2v) is 14.0. The molecule has 8 bridgehead atoms. The second-order valence-electron chi connectivity index (χ2n) is 14.0. The van der Waals surface area contributed by atoms with Gasteiger partial charge in [0.2, 0.25) is 0 Å². The zero-order valence-corrected chi connectivity index (χ0v) is 32.6. The molecule has 0 fully saturated rings. The SMILES string of the molecule is O=C(O)c1ccc(-c2c3nc(c(-c4ccc(C(=O)O)cc4)c4ccc([nH]4)c(-c4ccc(C(=O)O)cc4)c4nc(c(-c5ccc(C(=O)O)cc5)c5ccc2[nH]5)C=C4)C=C3)cc1.[Fe+2]. The van der Waals surface area contributed by atoms with Gasteiger partial charge in [-0.3, -0.25) is 0 Å². The number of nitrogens with zero attached hydrogens (tertiary/aromatic N) is 2. The van der Waals surface area contributed by atoms with E-state index in [4.69, 9.17) is 9.97 Å². The van der Waals surface area contributed by atoms with Crippen LogP contribution in [0.25, 0.3) is 90.9 Å². The van der Waals surface area contributed by atoms with Gasteiger partial charge in [0.05, 0.1) is 45.0 Å². The number of aromatic nitrogens is 4. The van der Waals surface area contributed by atoms with E-state index in [1.807, 2.05) is 48.6 Å². The number of H-pyrrole nitrogens is 2. The first-order valence-corrected chi connectivity index (χ1v) is 18.5. The van der Waals surface area contributed by atoms with Gasteiger partial charge < -0.3 is 30.4 Å². The third-order valence-electron chi connectivity index (χ3n) is 10.4. The average Bonchev–Trinajstić information content (AvgIpc) is 4.10. The molecule has 6 N–H and O–H groups in total. The summed E-state index contributed by atoms with van der Waals surface area (Å²) < 4.78 is 0. The monoisotopic (exact) mass is 846 g/mol. The molecule has 0 saturated heterocycles. The summed E-state index contributed by atoms with van der Waals surface area (Å²) in [6, 6.07) is 33.6. The van der Waals surface area contributed by atoms with Crippen LogP contribution in [0.2, 0.25) is 0 Å². The van der Waals surface area contributed by atoms with Crippen molar-refractivity contribution in [3.8, 4) is 44.5 Å². The molecule has 13 heteroatoms. The molecule has 0 unspecified atom stereocenters. The van der Waals surface area contributed by atoms with Crippen molar-refractivity contribution in [3.63, 3.8) is 0 Å². The van der Waals surface area contributed by atoms with Crippen molar-refractivity contribution >= 4 is 70.2 Å². The molecular weight excluding hydrogens is 816 g/mol. The Kier molecular flexibility index (Phi) is 10.4. The van der Waals surface area contributed by atoms with E-state index >= 15 is 0 Å². The third kappa shape index (κ3) is 7.42. The van der Waals surface area contributed by atoms with E-state index < -0.39 is 23.9 Å². The Bertz CT molecular complexity index is 2760. The van der Waals surface area contributed by atoms with Crippen molar-refractivity contribution in [1.82, 2.24) is 19.9 Å². The molecule has 2 aliphatic heterocycles. The van der Waals surface area contributed by atoms with Gasteiger partial charge in [0.25, 0.3) is 0 Å². The minimum absolute atomic E-state index is 0. The van der Waals surface area contributed by atoms with Crippen molar-refractivity contribution in [1.29, 1.82) is 0 Å². The quantitative estimate of drug-likeness (QED) is 0.0798. The van der Waals surface area contributed by atoms with Gasteiger partial charge in [0, 0.05) is 44.3 Å². The molecule has 0 radical (unpaired) electrons. The third-order valence-corrected chi connectivity index (χ3v) is 10.4. The van der Waals surface area contributed by atoms with Crippen LogP contribution in [0, 0.1) is 0 Å². The predicted octanol–water partition coefficient (Wildman–Crippen LogP) is 10.1. The summed E-state index contributed by atoms with van der Waals surface area (Å²) in [4.78, 5) is 64.8. The first-order valence-electron chi connectivity index (χ1n) is 18.5. The normalized spacial score (nSPS) is 11.5. The van der Waals surface area contributed by atoms with Crippen molar-refractivity contribution in [2.24, 2.45) is 0 Å². The minimum atomic E-state index is -1.06. The molecule has 7 aromatic rings. The van der Waals surface area contributed by atoms with Crippen molar-refractivity contribution in [2.45, 2.75) is 0 Å². The summed E-state index contributed by atoms with van der Waals surface area (Å²) in [5.41, 5.74) is 10.7. The molecule has 0 atom stereocenters. The van der Waals surface area contributed by atoms with Gasteiger partial charge in [-0.05, 0) is 119 Å². The minimum Gasteiger partial charge on any atom is -0.478 e. The van der Waals surface area contributed by atoms with E-state index in [0.717, 1.165) is 0 Å². The Hall–Kier alpha value is -8.12. The number of benzene rings is 4. The number of aromatic carboxylic acids is 4. The molecule has 5 heterocycles. The van der Waals surface area contributed by atoms with Gasteiger partial charge in [-0.15, -0.1) is 0 Å². The zero-order chi connectivity index (χ0) is 41.7. The molecule has 3 aromatic heterocycles. The van der Waals surface area contributed by atoms with Crippen molar-refractivity contribution in [3.05, 3.63) is 166 Å². The molecule has 0 aliphatic carbocycles. The molecule has 0 amide bonds. The van der Waals surface area contributed by atoms with Gasteiger partial charge >= 0.3 is 40.9 Å².